The highest BCUT2D eigenvalue weighted by molar-refractivity contribution is 4.81. The normalized spacial score (nSPS) is 9.62. The molecule has 0 aromatic carbocycles. The SMILES string of the molecule is C=CCN/C=C\CC. The Kier molecular flexibility index (Phi) is 5.71. The van der Waals surface area contributed by atoms with Crippen LogP contribution in [0.3, 0.4) is 0 Å². The molecule has 0 amide bonds. The van der Waals surface area contributed by atoms with Crippen molar-refractivity contribution in [2.45, 2.75) is 13.3 Å². The van der Waals surface area contributed by atoms with Gasteiger partial charge in [0.2, 0.25) is 0 Å². The monoisotopic (exact) mass is 111 g/mol. The van der Waals surface area contributed by atoms with E-state index in [1.54, 1.807) is 0 Å². The first-order valence-corrected chi connectivity index (χ1v) is 2.91. The van der Waals surface area contributed by atoms with Crippen molar-refractivity contribution in [1.29, 1.82) is 0 Å². The van der Waals surface area contributed by atoms with E-state index in [2.05, 4.69) is 24.9 Å². The Morgan fingerprint density at radius 2 is 2.38 bits per heavy atom. The smallest absolute Gasteiger partial charge is 0.0322 e. The Bertz CT molecular complexity index is 74.5. The molecule has 0 aliphatic heterocycles. The number of allylic oxidation sites excluding steroid dienone is 1. The lowest BCUT2D eigenvalue weighted by molar-refractivity contribution is 0.975. The minimum Gasteiger partial charge on any atom is -0.388 e. The summed E-state index contributed by atoms with van der Waals surface area (Å²) < 4.78 is 0. The molecule has 0 heterocycles. The van der Waals surface area contributed by atoms with Crippen molar-refractivity contribution >= 4 is 0 Å². The quantitative estimate of drug-likeness (QED) is 0.430. The van der Waals surface area contributed by atoms with Crippen LogP contribution in [0.15, 0.2) is 24.9 Å². The molecule has 0 rings (SSSR count). The first-order chi connectivity index (χ1) is 3.91. The van der Waals surface area contributed by atoms with Gasteiger partial charge in [0.15, 0.2) is 0 Å². The van der Waals surface area contributed by atoms with Gasteiger partial charge in [-0.3, -0.25) is 0 Å². The predicted molar refractivity (Wildman–Crippen MR) is 37.6 cm³/mol. The van der Waals surface area contributed by atoms with Crippen LogP contribution in [-0.2, 0) is 0 Å². The Labute approximate surface area is 51.1 Å². The van der Waals surface area contributed by atoms with Crippen molar-refractivity contribution < 1.29 is 0 Å². The van der Waals surface area contributed by atoms with Crippen molar-refractivity contribution in [3.8, 4) is 0 Å². The molecule has 0 fully saturated rings. The Morgan fingerprint density at radius 3 is 2.88 bits per heavy atom. The lowest BCUT2D eigenvalue weighted by Crippen LogP contribution is -2.02. The second kappa shape index (κ2) is 6.28. The van der Waals surface area contributed by atoms with Gasteiger partial charge in [0.1, 0.15) is 0 Å². The van der Waals surface area contributed by atoms with E-state index in [1.807, 2.05) is 12.3 Å². The third-order valence-corrected chi connectivity index (χ3v) is 0.734. The standard InChI is InChI=1S/C7H13N/c1-3-5-7-8-6-4-2/h4-5,7-8H,2-3,6H2,1H3/b7-5-. The highest BCUT2D eigenvalue weighted by Crippen LogP contribution is 1.74. The highest BCUT2D eigenvalue weighted by atomic mass is 14.8. The van der Waals surface area contributed by atoms with Gasteiger partial charge in [-0.05, 0) is 12.6 Å². The number of nitrogens with one attached hydrogen (secondary N) is 1. The van der Waals surface area contributed by atoms with E-state index in [9.17, 15) is 0 Å². The number of hydrogen-bond donors (Lipinski definition) is 1. The summed E-state index contributed by atoms with van der Waals surface area (Å²) in [5.41, 5.74) is 0. The molecule has 0 unspecified atom stereocenters. The van der Waals surface area contributed by atoms with Crippen molar-refractivity contribution in [2.24, 2.45) is 0 Å². The first kappa shape index (κ1) is 7.28. The van der Waals surface area contributed by atoms with E-state index in [0.717, 1.165) is 13.0 Å². The molecule has 0 spiro atoms. The second-order valence-corrected chi connectivity index (χ2v) is 1.51. The van der Waals surface area contributed by atoms with Crippen LogP contribution >= 0.6 is 0 Å². The van der Waals surface area contributed by atoms with Crippen molar-refractivity contribution in [2.75, 3.05) is 6.54 Å². The zero-order valence-corrected chi connectivity index (χ0v) is 5.35. The van der Waals surface area contributed by atoms with Gasteiger partial charge in [-0.15, -0.1) is 6.58 Å². The van der Waals surface area contributed by atoms with Crippen molar-refractivity contribution in [3.05, 3.63) is 24.9 Å². The van der Waals surface area contributed by atoms with Gasteiger partial charge >= 0.3 is 0 Å². The third kappa shape index (κ3) is 5.28. The molecule has 0 aromatic heterocycles. The minimum atomic E-state index is 0.858. The summed E-state index contributed by atoms with van der Waals surface area (Å²) in [5, 5.41) is 3.04. The van der Waals surface area contributed by atoms with Crippen LogP contribution in [0.4, 0.5) is 0 Å². The van der Waals surface area contributed by atoms with E-state index in [-0.39, 0.29) is 0 Å². The van der Waals surface area contributed by atoms with E-state index in [4.69, 9.17) is 0 Å². The molecular weight excluding hydrogens is 98.1 g/mol. The van der Waals surface area contributed by atoms with Gasteiger partial charge in [-0.1, -0.05) is 19.1 Å². The molecule has 1 N–H and O–H groups in total. The molecule has 0 saturated heterocycles. The number of rotatable bonds is 4. The average Bonchev–Trinajstić information content (AvgIpc) is 1.81. The third-order valence-electron chi connectivity index (χ3n) is 0.734. The largest absolute Gasteiger partial charge is 0.388 e. The van der Waals surface area contributed by atoms with E-state index >= 15 is 0 Å². The summed E-state index contributed by atoms with van der Waals surface area (Å²) in [5.74, 6) is 0. The summed E-state index contributed by atoms with van der Waals surface area (Å²) in [6, 6.07) is 0. The maximum atomic E-state index is 3.56. The molecule has 8 heavy (non-hydrogen) atoms. The van der Waals surface area contributed by atoms with Gasteiger partial charge < -0.3 is 5.32 Å². The molecule has 46 valence electrons. The Balaban J connectivity index is 2.90. The van der Waals surface area contributed by atoms with Gasteiger partial charge in [-0.25, -0.2) is 0 Å². The predicted octanol–water partition coefficient (Wildman–Crippen LogP) is 1.69. The molecule has 0 aliphatic carbocycles. The Hall–Kier alpha value is -0.720. The van der Waals surface area contributed by atoms with Crippen LogP contribution < -0.4 is 5.32 Å². The molecule has 1 heteroatoms. The lowest BCUT2D eigenvalue weighted by Gasteiger charge is -1.89. The first-order valence-electron chi connectivity index (χ1n) is 2.91. The Morgan fingerprint density at radius 1 is 1.62 bits per heavy atom. The zero-order valence-electron chi connectivity index (χ0n) is 5.35. The van der Waals surface area contributed by atoms with Crippen LogP contribution in [0, 0.1) is 0 Å². The van der Waals surface area contributed by atoms with E-state index < -0.39 is 0 Å². The maximum Gasteiger partial charge on any atom is 0.0322 e. The molecule has 0 bridgehead atoms. The van der Waals surface area contributed by atoms with E-state index in [1.165, 1.54) is 0 Å². The summed E-state index contributed by atoms with van der Waals surface area (Å²) in [4.78, 5) is 0. The fraction of sp³-hybridized carbons (Fsp3) is 0.429. The maximum absolute atomic E-state index is 3.56. The van der Waals surface area contributed by atoms with Gasteiger partial charge in [0, 0.05) is 6.54 Å². The summed E-state index contributed by atoms with van der Waals surface area (Å²) in [7, 11) is 0. The molecular formula is C7H13N. The van der Waals surface area contributed by atoms with Crippen molar-refractivity contribution in [3.63, 3.8) is 0 Å². The number of hydrogen-bond acceptors (Lipinski definition) is 1. The molecule has 0 atom stereocenters. The summed E-state index contributed by atoms with van der Waals surface area (Å²) in [6.45, 7) is 6.52. The van der Waals surface area contributed by atoms with Gasteiger partial charge in [-0.2, -0.15) is 0 Å². The molecule has 0 radical (unpaired) electrons. The molecule has 0 aromatic rings. The van der Waals surface area contributed by atoms with Crippen molar-refractivity contribution in [1.82, 2.24) is 5.32 Å². The van der Waals surface area contributed by atoms with Gasteiger partial charge in [0.05, 0.1) is 0 Å². The summed E-state index contributed by atoms with van der Waals surface area (Å²) in [6.07, 6.45) is 6.94. The van der Waals surface area contributed by atoms with Crippen LogP contribution in [-0.4, -0.2) is 6.54 Å². The lowest BCUT2D eigenvalue weighted by atomic mass is 10.5. The van der Waals surface area contributed by atoms with Crippen LogP contribution in [0.2, 0.25) is 0 Å². The topological polar surface area (TPSA) is 12.0 Å². The van der Waals surface area contributed by atoms with E-state index in [0.29, 0.717) is 0 Å². The fourth-order valence-corrected chi connectivity index (χ4v) is 0.353. The second-order valence-electron chi connectivity index (χ2n) is 1.51. The average molecular weight is 111 g/mol. The zero-order chi connectivity index (χ0) is 6.24. The van der Waals surface area contributed by atoms with Crippen LogP contribution in [0.5, 0.6) is 0 Å². The molecule has 1 nitrogen and oxygen atoms in total. The molecule has 0 aliphatic rings. The molecule has 0 saturated carbocycles. The van der Waals surface area contributed by atoms with Crippen LogP contribution in [0.1, 0.15) is 13.3 Å². The van der Waals surface area contributed by atoms with Gasteiger partial charge in [0.25, 0.3) is 0 Å². The highest BCUT2D eigenvalue weighted by Gasteiger charge is 1.66. The summed E-state index contributed by atoms with van der Waals surface area (Å²) >= 11 is 0. The fourth-order valence-electron chi connectivity index (χ4n) is 0.353. The van der Waals surface area contributed by atoms with Crippen LogP contribution in [0.25, 0.3) is 0 Å². The minimum absolute atomic E-state index is 0.858.